The molecule has 24 heavy (non-hydrogen) atoms. The van der Waals surface area contributed by atoms with Gasteiger partial charge in [0.05, 0.1) is 11.9 Å². The van der Waals surface area contributed by atoms with E-state index in [1.54, 1.807) is 0 Å². The molecule has 1 aromatic heterocycles. The Kier molecular flexibility index (Phi) is 4.76. The van der Waals surface area contributed by atoms with Gasteiger partial charge < -0.3 is 14.8 Å². The highest BCUT2D eigenvalue weighted by atomic mass is 35.5. The van der Waals surface area contributed by atoms with Crippen molar-refractivity contribution in [1.29, 1.82) is 0 Å². The molecular formula is C19H21ClN4. The van der Waals surface area contributed by atoms with E-state index >= 15 is 0 Å². The second kappa shape index (κ2) is 6.97. The maximum atomic E-state index is 5.95. The quantitative estimate of drug-likeness (QED) is 0.746. The molecule has 5 heteroatoms. The summed E-state index contributed by atoms with van der Waals surface area (Å²) >= 11 is 5.95. The molecule has 124 valence electrons. The lowest BCUT2D eigenvalue weighted by Gasteiger charge is -2.13. The molecular weight excluding hydrogens is 320 g/mol. The zero-order valence-electron chi connectivity index (χ0n) is 14.1. The summed E-state index contributed by atoms with van der Waals surface area (Å²) in [6.07, 6.45) is 1.88. The van der Waals surface area contributed by atoms with E-state index in [2.05, 4.69) is 44.0 Å². The van der Waals surface area contributed by atoms with Crippen LogP contribution in [-0.2, 0) is 13.6 Å². The maximum Gasteiger partial charge on any atom is 0.203 e. The molecule has 0 bridgehead atoms. The van der Waals surface area contributed by atoms with Crippen LogP contribution in [0.5, 0.6) is 0 Å². The van der Waals surface area contributed by atoms with E-state index in [4.69, 9.17) is 11.6 Å². The summed E-state index contributed by atoms with van der Waals surface area (Å²) in [5.41, 5.74) is 4.56. The summed E-state index contributed by atoms with van der Waals surface area (Å²) in [6.45, 7) is 0.735. The molecule has 0 saturated heterocycles. The van der Waals surface area contributed by atoms with Crippen LogP contribution >= 0.6 is 11.6 Å². The predicted molar refractivity (Wildman–Crippen MR) is 102 cm³/mol. The van der Waals surface area contributed by atoms with Gasteiger partial charge in [-0.3, -0.25) is 0 Å². The van der Waals surface area contributed by atoms with E-state index in [-0.39, 0.29) is 0 Å². The lowest BCUT2D eigenvalue weighted by molar-refractivity contribution is 0.906. The molecule has 0 aliphatic rings. The van der Waals surface area contributed by atoms with Crippen molar-refractivity contribution >= 4 is 23.2 Å². The lowest BCUT2D eigenvalue weighted by Crippen LogP contribution is -2.09. The fraction of sp³-hybridized carbons (Fsp3) is 0.211. The number of nitrogens with zero attached hydrogens (tertiary/aromatic N) is 3. The molecule has 0 unspecified atom stereocenters. The van der Waals surface area contributed by atoms with Crippen LogP contribution in [-0.4, -0.2) is 23.6 Å². The van der Waals surface area contributed by atoms with Gasteiger partial charge in [-0.1, -0.05) is 35.9 Å². The lowest BCUT2D eigenvalue weighted by atomic mass is 10.2. The highest BCUT2D eigenvalue weighted by molar-refractivity contribution is 6.30. The summed E-state index contributed by atoms with van der Waals surface area (Å²) < 4.78 is 2.05. The summed E-state index contributed by atoms with van der Waals surface area (Å²) in [7, 11) is 6.09. The molecule has 0 aliphatic heterocycles. The Morgan fingerprint density at radius 3 is 2.33 bits per heavy atom. The van der Waals surface area contributed by atoms with Crippen LogP contribution in [0, 0.1) is 0 Å². The number of imidazole rings is 1. The van der Waals surface area contributed by atoms with E-state index < -0.39 is 0 Å². The molecule has 1 N–H and O–H groups in total. The van der Waals surface area contributed by atoms with Crippen molar-refractivity contribution in [1.82, 2.24) is 9.55 Å². The SMILES string of the molecule is CN(C)c1ccc(CNc2ncc(-c3ccc(Cl)cc3)n2C)cc1. The average Bonchev–Trinajstić information content (AvgIpc) is 2.95. The van der Waals surface area contributed by atoms with Crippen LogP contribution < -0.4 is 10.2 Å². The van der Waals surface area contributed by atoms with Gasteiger partial charge in [0.25, 0.3) is 0 Å². The number of anilines is 2. The Morgan fingerprint density at radius 2 is 1.71 bits per heavy atom. The van der Waals surface area contributed by atoms with Crippen LogP contribution in [0.3, 0.4) is 0 Å². The first-order chi connectivity index (χ1) is 11.5. The van der Waals surface area contributed by atoms with Crippen molar-refractivity contribution in [3.8, 4) is 11.3 Å². The van der Waals surface area contributed by atoms with Gasteiger partial charge in [-0.05, 0) is 35.4 Å². The monoisotopic (exact) mass is 340 g/mol. The molecule has 0 atom stereocenters. The molecule has 2 aromatic carbocycles. The molecule has 0 amide bonds. The topological polar surface area (TPSA) is 33.1 Å². The van der Waals surface area contributed by atoms with Crippen molar-refractivity contribution < 1.29 is 0 Å². The molecule has 0 spiro atoms. The molecule has 3 aromatic rings. The standard InChI is InChI=1S/C19H21ClN4/c1-23(2)17-10-4-14(5-11-17)12-21-19-22-13-18(24(19)3)15-6-8-16(20)9-7-15/h4-11,13H,12H2,1-3H3,(H,21,22). The van der Waals surface area contributed by atoms with Gasteiger partial charge in [0.15, 0.2) is 0 Å². The van der Waals surface area contributed by atoms with Crippen molar-refractivity contribution in [2.24, 2.45) is 7.05 Å². The second-order valence-corrected chi connectivity index (χ2v) is 6.38. The van der Waals surface area contributed by atoms with Crippen LogP contribution in [0.1, 0.15) is 5.56 Å². The Labute approximate surface area is 147 Å². The summed E-state index contributed by atoms with van der Waals surface area (Å²) in [4.78, 5) is 6.58. The third-order valence-corrected chi connectivity index (χ3v) is 4.28. The van der Waals surface area contributed by atoms with Gasteiger partial charge in [-0.25, -0.2) is 4.98 Å². The highest BCUT2D eigenvalue weighted by Gasteiger charge is 2.08. The molecule has 0 fully saturated rings. The van der Waals surface area contributed by atoms with Gasteiger partial charge in [0, 0.05) is 38.4 Å². The highest BCUT2D eigenvalue weighted by Crippen LogP contribution is 2.24. The van der Waals surface area contributed by atoms with Crippen LogP contribution in [0.4, 0.5) is 11.6 Å². The third kappa shape index (κ3) is 3.54. The number of halogens is 1. The van der Waals surface area contributed by atoms with E-state index in [9.17, 15) is 0 Å². The number of rotatable bonds is 5. The number of benzene rings is 2. The van der Waals surface area contributed by atoms with Gasteiger partial charge in [-0.2, -0.15) is 0 Å². The number of hydrogen-bond donors (Lipinski definition) is 1. The Balaban J connectivity index is 1.71. The minimum atomic E-state index is 0.735. The van der Waals surface area contributed by atoms with E-state index in [0.717, 1.165) is 28.8 Å². The summed E-state index contributed by atoms with van der Waals surface area (Å²) in [5, 5.41) is 4.13. The molecule has 4 nitrogen and oxygen atoms in total. The van der Waals surface area contributed by atoms with Crippen molar-refractivity contribution in [2.45, 2.75) is 6.54 Å². The first-order valence-electron chi connectivity index (χ1n) is 7.82. The van der Waals surface area contributed by atoms with Crippen molar-refractivity contribution in [3.05, 3.63) is 65.3 Å². The molecule has 0 aliphatic carbocycles. The summed E-state index contributed by atoms with van der Waals surface area (Å²) in [6, 6.07) is 16.3. The van der Waals surface area contributed by atoms with Gasteiger partial charge >= 0.3 is 0 Å². The Morgan fingerprint density at radius 1 is 1.04 bits per heavy atom. The Bertz CT molecular complexity index is 804. The summed E-state index contributed by atoms with van der Waals surface area (Å²) in [5.74, 6) is 0.844. The van der Waals surface area contributed by atoms with Gasteiger partial charge in [0.1, 0.15) is 0 Å². The third-order valence-electron chi connectivity index (χ3n) is 4.03. The maximum absolute atomic E-state index is 5.95. The largest absolute Gasteiger partial charge is 0.378 e. The average molecular weight is 341 g/mol. The molecule has 3 rings (SSSR count). The van der Waals surface area contributed by atoms with Gasteiger partial charge in [-0.15, -0.1) is 0 Å². The normalized spacial score (nSPS) is 10.7. The number of aromatic nitrogens is 2. The first kappa shape index (κ1) is 16.4. The second-order valence-electron chi connectivity index (χ2n) is 5.95. The zero-order chi connectivity index (χ0) is 17.1. The van der Waals surface area contributed by atoms with E-state index in [1.807, 2.05) is 51.6 Å². The van der Waals surface area contributed by atoms with Gasteiger partial charge in [0.2, 0.25) is 5.95 Å². The van der Waals surface area contributed by atoms with E-state index in [0.29, 0.717) is 0 Å². The fourth-order valence-electron chi connectivity index (χ4n) is 2.56. The van der Waals surface area contributed by atoms with Crippen molar-refractivity contribution in [3.63, 3.8) is 0 Å². The number of hydrogen-bond acceptors (Lipinski definition) is 3. The molecule has 1 heterocycles. The first-order valence-corrected chi connectivity index (χ1v) is 8.20. The van der Waals surface area contributed by atoms with Crippen molar-refractivity contribution in [2.75, 3.05) is 24.3 Å². The van der Waals surface area contributed by atoms with Crippen LogP contribution in [0.25, 0.3) is 11.3 Å². The van der Waals surface area contributed by atoms with E-state index in [1.165, 1.54) is 11.3 Å². The number of nitrogens with one attached hydrogen (secondary N) is 1. The smallest absolute Gasteiger partial charge is 0.203 e. The molecule has 0 saturated carbocycles. The van der Waals surface area contributed by atoms with Crippen LogP contribution in [0.15, 0.2) is 54.7 Å². The minimum Gasteiger partial charge on any atom is -0.378 e. The Hall–Kier alpha value is -2.46. The molecule has 0 radical (unpaired) electrons. The van der Waals surface area contributed by atoms with Crippen LogP contribution in [0.2, 0.25) is 5.02 Å². The fourth-order valence-corrected chi connectivity index (χ4v) is 2.68. The zero-order valence-corrected chi connectivity index (χ0v) is 14.9. The predicted octanol–water partition coefficient (Wildman–Crippen LogP) is 4.42. The minimum absolute atomic E-state index is 0.735.